The van der Waals surface area contributed by atoms with Crippen LogP contribution in [0.2, 0.25) is 0 Å². The van der Waals surface area contributed by atoms with E-state index in [1.807, 2.05) is 6.92 Å². The molecule has 5 nitrogen and oxygen atoms in total. The van der Waals surface area contributed by atoms with Crippen molar-refractivity contribution in [3.8, 4) is 0 Å². The van der Waals surface area contributed by atoms with Crippen molar-refractivity contribution in [2.75, 3.05) is 6.54 Å². The summed E-state index contributed by atoms with van der Waals surface area (Å²) in [6, 6.07) is 3.32. The van der Waals surface area contributed by atoms with Crippen LogP contribution in [0, 0.1) is 0 Å². The van der Waals surface area contributed by atoms with Gasteiger partial charge >= 0.3 is 5.97 Å². The summed E-state index contributed by atoms with van der Waals surface area (Å²) in [6.07, 6.45) is 0.696. The van der Waals surface area contributed by atoms with Crippen molar-refractivity contribution in [3.63, 3.8) is 0 Å². The molecule has 0 atom stereocenters. The lowest BCUT2D eigenvalue weighted by Crippen LogP contribution is -2.52. The fourth-order valence-electron chi connectivity index (χ4n) is 1.72. The topological polar surface area (TPSA) is 70.8 Å². The van der Waals surface area contributed by atoms with Gasteiger partial charge in [0.05, 0.1) is 0 Å². The minimum atomic E-state index is -1.26. The van der Waals surface area contributed by atoms with Crippen LogP contribution in [-0.4, -0.2) is 34.0 Å². The van der Waals surface area contributed by atoms with Gasteiger partial charge < -0.3 is 14.4 Å². The number of nitrogens with zero attached hydrogens (tertiary/aromatic N) is 1. The van der Waals surface area contributed by atoms with Crippen molar-refractivity contribution in [3.05, 3.63) is 23.7 Å². The second-order valence-electron chi connectivity index (χ2n) is 4.53. The molecule has 1 heterocycles. The number of aliphatic carboxylic acids is 1. The van der Waals surface area contributed by atoms with Crippen molar-refractivity contribution < 1.29 is 19.1 Å². The molecule has 1 amide bonds. The highest BCUT2D eigenvalue weighted by Gasteiger charge is 2.38. The van der Waals surface area contributed by atoms with E-state index < -0.39 is 17.4 Å². The van der Waals surface area contributed by atoms with E-state index in [1.54, 1.807) is 19.1 Å². The molecule has 0 aliphatic heterocycles. The molecule has 1 rings (SSSR count). The number of amides is 1. The summed E-state index contributed by atoms with van der Waals surface area (Å²) in [6.45, 7) is 6.97. The van der Waals surface area contributed by atoms with E-state index in [0.717, 1.165) is 0 Å². The first kappa shape index (κ1) is 14.3. The molecule has 0 unspecified atom stereocenters. The molecule has 0 aliphatic rings. The Kier molecular flexibility index (Phi) is 4.16. The third kappa shape index (κ3) is 2.55. The first-order valence-electron chi connectivity index (χ1n) is 5.98. The fraction of sp³-hybridized carbons (Fsp3) is 0.538. The van der Waals surface area contributed by atoms with Gasteiger partial charge in [0.15, 0.2) is 5.76 Å². The Labute approximate surface area is 106 Å². The van der Waals surface area contributed by atoms with Crippen LogP contribution < -0.4 is 0 Å². The van der Waals surface area contributed by atoms with Crippen LogP contribution >= 0.6 is 0 Å². The summed E-state index contributed by atoms with van der Waals surface area (Å²) in [5.74, 6) is -0.546. The molecule has 0 aliphatic carbocycles. The number of likely N-dealkylation sites (N-methyl/N-ethyl adjacent to an activating group) is 1. The molecule has 1 aromatic rings. The van der Waals surface area contributed by atoms with Gasteiger partial charge in [0, 0.05) is 13.0 Å². The number of carboxylic acid groups (broad SMARTS) is 1. The van der Waals surface area contributed by atoms with Gasteiger partial charge in [0.25, 0.3) is 5.91 Å². The number of carboxylic acids is 1. The van der Waals surface area contributed by atoms with Gasteiger partial charge in [-0.1, -0.05) is 6.92 Å². The van der Waals surface area contributed by atoms with Crippen molar-refractivity contribution >= 4 is 11.9 Å². The summed E-state index contributed by atoms with van der Waals surface area (Å²) < 4.78 is 5.37. The standard InChI is InChI=1S/C13H19NO4/c1-5-9-7-8-10(18-9)11(15)14(6-2)13(3,4)12(16)17/h7-8H,5-6H2,1-4H3,(H,16,17). The van der Waals surface area contributed by atoms with Gasteiger partial charge in [-0.15, -0.1) is 0 Å². The molecule has 0 spiro atoms. The molecule has 0 fully saturated rings. The number of aryl methyl sites for hydroxylation is 1. The molecular formula is C13H19NO4. The average molecular weight is 253 g/mol. The third-order valence-corrected chi connectivity index (χ3v) is 2.98. The Morgan fingerprint density at radius 2 is 1.94 bits per heavy atom. The van der Waals surface area contributed by atoms with E-state index in [-0.39, 0.29) is 5.76 Å². The van der Waals surface area contributed by atoms with E-state index in [9.17, 15) is 9.59 Å². The zero-order valence-electron chi connectivity index (χ0n) is 11.2. The molecule has 1 N–H and O–H groups in total. The van der Waals surface area contributed by atoms with E-state index in [1.165, 1.54) is 18.7 Å². The lowest BCUT2D eigenvalue weighted by Gasteiger charge is -2.33. The Balaban J connectivity index is 3.02. The number of furan rings is 1. The summed E-state index contributed by atoms with van der Waals surface area (Å²) in [4.78, 5) is 24.7. The van der Waals surface area contributed by atoms with Gasteiger partial charge in [0.1, 0.15) is 11.3 Å². The minimum absolute atomic E-state index is 0.183. The van der Waals surface area contributed by atoms with Gasteiger partial charge in [-0.3, -0.25) is 4.79 Å². The van der Waals surface area contributed by atoms with Gasteiger partial charge in [-0.05, 0) is 32.9 Å². The quantitative estimate of drug-likeness (QED) is 0.873. The number of hydrogen-bond donors (Lipinski definition) is 1. The van der Waals surface area contributed by atoms with E-state index >= 15 is 0 Å². The van der Waals surface area contributed by atoms with Crippen LogP contribution in [0.5, 0.6) is 0 Å². The normalized spacial score (nSPS) is 11.3. The maximum Gasteiger partial charge on any atom is 0.329 e. The summed E-state index contributed by atoms with van der Waals surface area (Å²) >= 11 is 0. The largest absolute Gasteiger partial charge is 0.480 e. The lowest BCUT2D eigenvalue weighted by atomic mass is 10.0. The Morgan fingerprint density at radius 3 is 2.33 bits per heavy atom. The molecule has 18 heavy (non-hydrogen) atoms. The second-order valence-corrected chi connectivity index (χ2v) is 4.53. The molecule has 0 saturated heterocycles. The maximum atomic E-state index is 12.2. The van der Waals surface area contributed by atoms with Crippen LogP contribution in [0.1, 0.15) is 44.0 Å². The van der Waals surface area contributed by atoms with Crippen LogP contribution in [0.4, 0.5) is 0 Å². The lowest BCUT2D eigenvalue weighted by molar-refractivity contribution is -0.147. The molecule has 0 radical (unpaired) electrons. The van der Waals surface area contributed by atoms with Crippen molar-refractivity contribution in [2.45, 2.75) is 39.7 Å². The molecule has 0 bridgehead atoms. The average Bonchev–Trinajstić information content (AvgIpc) is 2.77. The fourth-order valence-corrected chi connectivity index (χ4v) is 1.72. The SMILES string of the molecule is CCc1ccc(C(=O)N(CC)C(C)(C)C(=O)O)o1. The van der Waals surface area contributed by atoms with Crippen molar-refractivity contribution in [2.24, 2.45) is 0 Å². The van der Waals surface area contributed by atoms with E-state index in [4.69, 9.17) is 9.52 Å². The summed E-state index contributed by atoms with van der Waals surface area (Å²) in [5, 5.41) is 9.17. The number of carbonyl (C=O) groups excluding carboxylic acids is 1. The van der Waals surface area contributed by atoms with Crippen LogP contribution in [-0.2, 0) is 11.2 Å². The predicted octanol–water partition coefficient (Wildman–Crippen LogP) is 2.17. The number of rotatable bonds is 5. The highest BCUT2D eigenvalue weighted by Crippen LogP contribution is 2.19. The summed E-state index contributed by atoms with van der Waals surface area (Å²) in [7, 11) is 0. The first-order valence-corrected chi connectivity index (χ1v) is 5.98. The number of carbonyl (C=O) groups is 2. The molecular weight excluding hydrogens is 234 g/mol. The minimum Gasteiger partial charge on any atom is -0.480 e. The zero-order chi connectivity index (χ0) is 13.9. The monoisotopic (exact) mass is 253 g/mol. The molecule has 1 aromatic heterocycles. The van der Waals surface area contributed by atoms with Crippen molar-refractivity contribution in [1.29, 1.82) is 0 Å². The highest BCUT2D eigenvalue weighted by molar-refractivity contribution is 5.95. The van der Waals surface area contributed by atoms with Crippen molar-refractivity contribution in [1.82, 2.24) is 4.90 Å². The Bertz CT molecular complexity index is 448. The van der Waals surface area contributed by atoms with Crippen LogP contribution in [0.25, 0.3) is 0 Å². The summed E-state index contributed by atoms with van der Waals surface area (Å²) in [5.41, 5.74) is -1.26. The van der Waals surface area contributed by atoms with E-state index in [2.05, 4.69) is 0 Å². The second kappa shape index (κ2) is 5.25. The molecule has 100 valence electrons. The number of hydrogen-bond acceptors (Lipinski definition) is 3. The van der Waals surface area contributed by atoms with Gasteiger partial charge in [-0.2, -0.15) is 0 Å². The molecule has 0 aromatic carbocycles. The zero-order valence-corrected chi connectivity index (χ0v) is 11.2. The highest BCUT2D eigenvalue weighted by atomic mass is 16.4. The van der Waals surface area contributed by atoms with Gasteiger partial charge in [0.2, 0.25) is 0 Å². The van der Waals surface area contributed by atoms with Crippen LogP contribution in [0.3, 0.4) is 0 Å². The third-order valence-electron chi connectivity index (χ3n) is 2.98. The maximum absolute atomic E-state index is 12.2. The molecule has 5 heteroatoms. The molecule has 0 saturated carbocycles. The smallest absolute Gasteiger partial charge is 0.329 e. The van der Waals surface area contributed by atoms with Gasteiger partial charge in [-0.25, -0.2) is 4.79 Å². The Hall–Kier alpha value is -1.78. The van der Waals surface area contributed by atoms with E-state index in [0.29, 0.717) is 18.7 Å². The predicted molar refractivity (Wildman–Crippen MR) is 66.5 cm³/mol. The van der Waals surface area contributed by atoms with Crippen LogP contribution in [0.15, 0.2) is 16.5 Å². The Morgan fingerprint density at radius 1 is 1.33 bits per heavy atom. The first-order chi connectivity index (χ1) is 8.34.